The molecular weight excluding hydrogens is 437 g/mol. The smallest absolute Gasteiger partial charge is 0.376 e. The summed E-state index contributed by atoms with van der Waals surface area (Å²) in [5.41, 5.74) is -2.53. The van der Waals surface area contributed by atoms with Crippen LogP contribution in [0.15, 0.2) is 58.3 Å². The molecule has 1 saturated heterocycles. The topological polar surface area (TPSA) is 60.9 Å². The van der Waals surface area contributed by atoms with Gasteiger partial charge in [-0.15, -0.1) is 12.6 Å². The Balaban J connectivity index is 1.77. The average Bonchev–Trinajstić information content (AvgIpc) is 2.67. The molecule has 0 amide bonds. The van der Waals surface area contributed by atoms with Gasteiger partial charge in [0, 0.05) is 36.3 Å². The Hall–Kier alpha value is -1.75. The number of thiol groups is 1. The fourth-order valence-corrected chi connectivity index (χ4v) is 5.58. The van der Waals surface area contributed by atoms with Crippen LogP contribution in [0.2, 0.25) is 0 Å². The summed E-state index contributed by atoms with van der Waals surface area (Å²) in [7, 11) is -3.70. The minimum atomic E-state index is -4.79. The summed E-state index contributed by atoms with van der Waals surface area (Å²) in [5.74, 6) is 0. The molecule has 1 heterocycles. The van der Waals surface area contributed by atoms with Crippen molar-refractivity contribution in [2.24, 2.45) is 0 Å². The molecule has 164 valence electrons. The first kappa shape index (κ1) is 22.9. The minimum Gasteiger partial charge on any atom is -0.376 e. The largest absolute Gasteiger partial charge is 0.421 e. The number of sulfonamides is 1. The zero-order valence-corrected chi connectivity index (χ0v) is 18.2. The Labute approximate surface area is 179 Å². The number of nitrogens with zero attached hydrogens (tertiary/aromatic N) is 2. The fraction of sp³-hybridized carbons (Fsp3) is 0.400. The third-order valence-corrected chi connectivity index (χ3v) is 7.85. The third kappa shape index (κ3) is 4.18. The van der Waals surface area contributed by atoms with Crippen LogP contribution in [0.3, 0.4) is 0 Å². The van der Waals surface area contributed by atoms with Gasteiger partial charge in [0.15, 0.2) is 5.60 Å². The molecule has 1 fully saturated rings. The highest BCUT2D eigenvalue weighted by Crippen LogP contribution is 2.39. The van der Waals surface area contributed by atoms with Crippen molar-refractivity contribution in [1.82, 2.24) is 4.31 Å². The summed E-state index contributed by atoms with van der Waals surface area (Å²) < 4.78 is 66.4. The Morgan fingerprint density at radius 1 is 1.07 bits per heavy atom. The Morgan fingerprint density at radius 3 is 2.20 bits per heavy atom. The fourth-order valence-electron chi connectivity index (χ4n) is 3.48. The number of piperazine rings is 1. The number of alkyl halides is 3. The van der Waals surface area contributed by atoms with Crippen molar-refractivity contribution >= 4 is 28.3 Å². The van der Waals surface area contributed by atoms with E-state index in [1.165, 1.54) is 34.6 Å². The predicted molar refractivity (Wildman–Crippen MR) is 111 cm³/mol. The molecule has 1 N–H and O–H groups in total. The molecule has 10 heteroatoms. The number of hydrogen-bond acceptors (Lipinski definition) is 5. The van der Waals surface area contributed by atoms with Gasteiger partial charge in [0.25, 0.3) is 0 Å². The summed E-state index contributed by atoms with van der Waals surface area (Å²) in [6.45, 7) is 3.41. The van der Waals surface area contributed by atoms with Crippen molar-refractivity contribution in [3.8, 4) is 0 Å². The molecule has 0 aromatic heterocycles. The van der Waals surface area contributed by atoms with Gasteiger partial charge in [-0.2, -0.15) is 17.5 Å². The maximum Gasteiger partial charge on any atom is 0.421 e. The quantitative estimate of drug-likeness (QED) is 0.684. The lowest BCUT2D eigenvalue weighted by molar-refractivity contribution is -0.258. The normalized spacial score (nSPS) is 20.8. The van der Waals surface area contributed by atoms with Gasteiger partial charge < -0.3 is 10.0 Å². The second-order valence-corrected chi connectivity index (χ2v) is 9.88. The van der Waals surface area contributed by atoms with Crippen LogP contribution < -0.4 is 4.90 Å². The van der Waals surface area contributed by atoms with Crippen molar-refractivity contribution < 1.29 is 26.7 Å². The van der Waals surface area contributed by atoms with E-state index in [9.17, 15) is 26.7 Å². The number of hydrogen-bond donors (Lipinski definition) is 2. The van der Waals surface area contributed by atoms with Crippen molar-refractivity contribution in [3.63, 3.8) is 0 Å². The molecule has 30 heavy (non-hydrogen) atoms. The number of halogens is 3. The molecule has 2 aromatic rings. The van der Waals surface area contributed by atoms with Crippen LogP contribution in [0, 0.1) is 0 Å². The average molecular weight is 461 g/mol. The van der Waals surface area contributed by atoms with Crippen molar-refractivity contribution in [2.75, 3.05) is 24.5 Å². The van der Waals surface area contributed by atoms with Gasteiger partial charge in [-0.1, -0.05) is 24.3 Å². The van der Waals surface area contributed by atoms with Crippen molar-refractivity contribution in [3.05, 3.63) is 54.1 Å². The summed E-state index contributed by atoms with van der Waals surface area (Å²) in [4.78, 5) is 2.46. The molecule has 3 rings (SSSR count). The van der Waals surface area contributed by atoms with Gasteiger partial charge in [0.05, 0.1) is 4.90 Å². The number of anilines is 1. The first-order chi connectivity index (χ1) is 13.9. The molecule has 2 aromatic carbocycles. The van der Waals surface area contributed by atoms with Crippen molar-refractivity contribution in [1.29, 1.82) is 0 Å². The lowest BCUT2D eigenvalue weighted by atomic mass is 9.95. The molecule has 1 unspecified atom stereocenters. The molecule has 0 bridgehead atoms. The van der Waals surface area contributed by atoms with E-state index in [1.54, 1.807) is 18.2 Å². The second-order valence-electron chi connectivity index (χ2n) is 7.49. The highest BCUT2D eigenvalue weighted by molar-refractivity contribution is 7.90. The number of benzene rings is 2. The molecular formula is C20H23F3N2O3S2. The van der Waals surface area contributed by atoms with E-state index in [0.717, 1.165) is 0 Å². The Bertz CT molecular complexity index is 1010. The van der Waals surface area contributed by atoms with Gasteiger partial charge in [-0.3, -0.25) is 0 Å². The van der Waals surface area contributed by atoms with Crippen LogP contribution in [-0.2, 0) is 15.6 Å². The predicted octanol–water partition coefficient (Wildman–Crippen LogP) is 3.64. The van der Waals surface area contributed by atoms with E-state index in [0.29, 0.717) is 24.1 Å². The highest BCUT2D eigenvalue weighted by Gasteiger charge is 2.51. The maximum atomic E-state index is 13.0. The lowest BCUT2D eigenvalue weighted by Crippen LogP contribution is -2.53. The summed E-state index contributed by atoms with van der Waals surface area (Å²) in [6.07, 6.45) is -4.79. The molecule has 1 aliphatic rings. The van der Waals surface area contributed by atoms with Crippen LogP contribution in [0.25, 0.3) is 0 Å². The first-order valence-electron chi connectivity index (χ1n) is 9.30. The van der Waals surface area contributed by atoms with Gasteiger partial charge in [0.1, 0.15) is 0 Å². The first-order valence-corrected chi connectivity index (χ1v) is 11.2. The van der Waals surface area contributed by atoms with Crippen LogP contribution in [0.1, 0.15) is 19.4 Å². The molecule has 1 aliphatic heterocycles. The summed E-state index contributed by atoms with van der Waals surface area (Å²) >= 11 is 4.24. The van der Waals surface area contributed by atoms with Gasteiger partial charge >= 0.3 is 6.18 Å². The van der Waals surface area contributed by atoms with Crippen LogP contribution >= 0.6 is 12.6 Å². The zero-order chi connectivity index (χ0) is 22.3. The zero-order valence-electron chi connectivity index (χ0n) is 16.5. The molecule has 0 saturated carbocycles. The third-order valence-electron chi connectivity index (χ3n) is 5.39. The van der Waals surface area contributed by atoms with Crippen LogP contribution in [0.5, 0.6) is 0 Å². The van der Waals surface area contributed by atoms with Gasteiger partial charge in [0.2, 0.25) is 10.0 Å². The van der Waals surface area contributed by atoms with Crippen molar-refractivity contribution in [2.45, 2.75) is 41.5 Å². The summed E-state index contributed by atoms with van der Waals surface area (Å²) in [5, 5.41) is 9.81. The van der Waals surface area contributed by atoms with E-state index in [4.69, 9.17) is 0 Å². The van der Waals surface area contributed by atoms with Gasteiger partial charge in [-0.05, 0) is 43.7 Å². The van der Waals surface area contributed by atoms with Gasteiger partial charge in [-0.25, -0.2) is 8.42 Å². The summed E-state index contributed by atoms with van der Waals surface area (Å²) in [6, 6.07) is 11.8. The van der Waals surface area contributed by atoms with E-state index >= 15 is 0 Å². The lowest BCUT2D eigenvalue weighted by Gasteiger charge is -2.41. The Kier molecular flexibility index (Phi) is 6.16. The SMILES string of the molecule is C[C@H]1CN(S(=O)(=O)c2ccccc2S)CCN1c1ccc(C(C)(O)C(F)(F)F)cc1. The monoisotopic (exact) mass is 460 g/mol. The van der Waals surface area contributed by atoms with E-state index < -0.39 is 21.8 Å². The minimum absolute atomic E-state index is 0.146. The van der Waals surface area contributed by atoms with E-state index in [2.05, 4.69) is 12.6 Å². The number of rotatable bonds is 4. The van der Waals surface area contributed by atoms with Crippen LogP contribution in [0.4, 0.5) is 18.9 Å². The highest BCUT2D eigenvalue weighted by atomic mass is 32.2. The molecule has 0 aliphatic carbocycles. The standard InChI is InChI=1S/C20H23F3N2O3S2/c1-14-13-24(30(27,28)18-6-4-3-5-17(18)29)11-12-25(14)16-9-7-15(8-10-16)19(2,26)20(21,22)23/h3-10,14,26,29H,11-13H2,1-2H3/t14-,19?/m0/s1. The van der Waals surface area contributed by atoms with E-state index in [1.807, 2.05) is 11.8 Å². The molecule has 2 atom stereocenters. The molecule has 0 spiro atoms. The van der Waals surface area contributed by atoms with E-state index in [-0.39, 0.29) is 29.6 Å². The maximum absolute atomic E-state index is 13.0. The molecule has 0 radical (unpaired) electrons. The molecule has 5 nitrogen and oxygen atoms in total. The number of aliphatic hydroxyl groups is 1. The second kappa shape index (κ2) is 8.07. The Morgan fingerprint density at radius 2 is 1.67 bits per heavy atom. The van der Waals surface area contributed by atoms with Crippen LogP contribution in [-0.4, -0.2) is 49.7 Å².